The van der Waals surface area contributed by atoms with Crippen molar-refractivity contribution >= 4 is 29.4 Å². The van der Waals surface area contributed by atoms with Gasteiger partial charge in [0.15, 0.2) is 0 Å². The van der Waals surface area contributed by atoms with Gasteiger partial charge in [-0.3, -0.25) is 19.9 Å². The van der Waals surface area contributed by atoms with Gasteiger partial charge in [-0.15, -0.1) is 0 Å². The number of nitrogens with zero attached hydrogens (tertiary/aromatic N) is 2. The quantitative estimate of drug-likeness (QED) is 0.161. The van der Waals surface area contributed by atoms with E-state index in [0.717, 1.165) is 0 Å². The molecule has 2 atom stereocenters. The van der Waals surface area contributed by atoms with Crippen LogP contribution in [-0.2, 0) is 28.5 Å². The van der Waals surface area contributed by atoms with Gasteiger partial charge in [0.2, 0.25) is 0 Å². The van der Waals surface area contributed by atoms with Crippen molar-refractivity contribution in [2.75, 3.05) is 40.1 Å². The van der Waals surface area contributed by atoms with Gasteiger partial charge in [-0.1, -0.05) is 12.1 Å². The Bertz CT molecular complexity index is 1020. The predicted octanol–water partition coefficient (Wildman–Crippen LogP) is 2.52. The van der Waals surface area contributed by atoms with E-state index in [-0.39, 0.29) is 49.1 Å². The van der Waals surface area contributed by atoms with Crippen LogP contribution < -0.4 is 5.32 Å². The van der Waals surface area contributed by atoms with Crippen LogP contribution in [0.4, 0.5) is 10.5 Å². The van der Waals surface area contributed by atoms with Gasteiger partial charge < -0.3 is 24.3 Å². The fourth-order valence-corrected chi connectivity index (χ4v) is 3.63. The smallest absolute Gasteiger partial charge is 0.407 e. The molecule has 0 aliphatic carbocycles. The van der Waals surface area contributed by atoms with E-state index in [2.05, 4.69) is 10.3 Å². The van der Waals surface area contributed by atoms with E-state index in [1.165, 1.54) is 25.2 Å². The number of aliphatic imine (C=N–C) groups is 1. The zero-order chi connectivity index (χ0) is 26.0. The second-order valence-corrected chi connectivity index (χ2v) is 7.33. The molecule has 0 saturated carbocycles. The van der Waals surface area contributed by atoms with Crippen molar-refractivity contribution in [3.05, 3.63) is 51.2 Å². The Morgan fingerprint density at radius 3 is 2.49 bits per heavy atom. The third-order valence-electron chi connectivity index (χ3n) is 5.13. The Balaban J connectivity index is 2.63. The maximum Gasteiger partial charge on any atom is 0.407 e. The molecule has 1 N–H and O–H groups in total. The first-order chi connectivity index (χ1) is 16.7. The highest BCUT2D eigenvalue weighted by atomic mass is 16.6. The number of rotatable bonds is 11. The molecule has 1 aromatic rings. The van der Waals surface area contributed by atoms with Crippen LogP contribution in [0, 0.1) is 16.0 Å². The minimum atomic E-state index is -1.08. The first-order valence-corrected chi connectivity index (χ1v) is 11.0. The third kappa shape index (κ3) is 7.09. The number of nitro groups is 1. The number of nitro benzene ring substituents is 1. The van der Waals surface area contributed by atoms with E-state index in [4.69, 9.17) is 18.9 Å². The van der Waals surface area contributed by atoms with Gasteiger partial charge in [-0.25, -0.2) is 9.59 Å². The molecule has 190 valence electrons. The molecule has 35 heavy (non-hydrogen) atoms. The molecule has 0 radical (unpaired) electrons. The monoisotopic (exact) mass is 491 g/mol. The summed E-state index contributed by atoms with van der Waals surface area (Å²) >= 11 is 0. The van der Waals surface area contributed by atoms with Crippen LogP contribution in [0.15, 0.2) is 40.5 Å². The standard InChI is InChI=1S/C23H29N3O9/c1-5-32-10-11-34-21(27)18-14(3)25-17(13-35-23(29)24-4)20(22(28)33-6-2)19(18)15-8-7-9-16(12-15)26(30)31/h7-9,12,18-19H,5-6,10-11,13H2,1-4H3,(H,24,29). The molecule has 0 fully saturated rings. The summed E-state index contributed by atoms with van der Waals surface area (Å²) < 4.78 is 20.9. The number of esters is 2. The number of benzene rings is 1. The van der Waals surface area contributed by atoms with Crippen LogP contribution in [0.5, 0.6) is 0 Å². The Labute approximate surface area is 202 Å². The van der Waals surface area contributed by atoms with Crippen LogP contribution in [0.1, 0.15) is 32.3 Å². The molecule has 1 amide bonds. The third-order valence-corrected chi connectivity index (χ3v) is 5.13. The number of carbonyl (C=O) groups excluding carboxylic acids is 3. The van der Waals surface area contributed by atoms with E-state index in [0.29, 0.717) is 12.2 Å². The van der Waals surface area contributed by atoms with Gasteiger partial charge in [0.1, 0.15) is 19.1 Å². The number of nitrogens with one attached hydrogen (secondary N) is 1. The van der Waals surface area contributed by atoms with Crippen molar-refractivity contribution in [3.63, 3.8) is 0 Å². The van der Waals surface area contributed by atoms with Gasteiger partial charge >= 0.3 is 18.0 Å². The number of amides is 1. The molecule has 12 nitrogen and oxygen atoms in total. The molecular weight excluding hydrogens is 462 g/mol. The first kappa shape index (κ1) is 27.4. The number of hydrogen-bond acceptors (Lipinski definition) is 10. The lowest BCUT2D eigenvalue weighted by molar-refractivity contribution is -0.384. The van der Waals surface area contributed by atoms with Crippen molar-refractivity contribution in [1.29, 1.82) is 0 Å². The van der Waals surface area contributed by atoms with Crippen LogP contribution in [0.3, 0.4) is 0 Å². The SMILES string of the molecule is CCOCCOC(=O)C1C(C)=NC(COC(=O)NC)=C(C(=O)OCC)C1c1cccc([N+](=O)[O-])c1. The van der Waals surface area contributed by atoms with Gasteiger partial charge in [0.25, 0.3) is 5.69 Å². The number of non-ortho nitro benzene ring substituents is 1. The molecule has 0 saturated heterocycles. The maximum absolute atomic E-state index is 13.2. The highest BCUT2D eigenvalue weighted by Crippen LogP contribution is 2.41. The summed E-state index contributed by atoms with van der Waals surface area (Å²) in [6.07, 6.45) is -0.752. The van der Waals surface area contributed by atoms with Crippen molar-refractivity contribution in [2.45, 2.75) is 26.7 Å². The lowest BCUT2D eigenvalue weighted by atomic mass is 9.75. The highest BCUT2D eigenvalue weighted by molar-refractivity contribution is 6.07. The number of carbonyl (C=O) groups is 3. The molecule has 1 aliphatic rings. The summed E-state index contributed by atoms with van der Waals surface area (Å²) in [5, 5.41) is 13.7. The van der Waals surface area contributed by atoms with Crippen molar-refractivity contribution in [3.8, 4) is 0 Å². The van der Waals surface area contributed by atoms with E-state index in [1.807, 2.05) is 0 Å². The van der Waals surface area contributed by atoms with E-state index in [9.17, 15) is 24.5 Å². The Morgan fingerprint density at radius 1 is 1.11 bits per heavy atom. The highest BCUT2D eigenvalue weighted by Gasteiger charge is 2.43. The maximum atomic E-state index is 13.2. The average Bonchev–Trinajstić information content (AvgIpc) is 2.84. The van der Waals surface area contributed by atoms with Gasteiger partial charge in [-0.2, -0.15) is 0 Å². The summed E-state index contributed by atoms with van der Waals surface area (Å²) in [6.45, 7) is 5.22. The lowest BCUT2D eigenvalue weighted by Crippen LogP contribution is -2.38. The molecule has 1 aromatic carbocycles. The minimum absolute atomic E-state index is 0.0246. The van der Waals surface area contributed by atoms with Crippen LogP contribution in [0.2, 0.25) is 0 Å². The molecular formula is C23H29N3O9. The molecule has 2 unspecified atom stereocenters. The zero-order valence-corrected chi connectivity index (χ0v) is 20.1. The average molecular weight is 491 g/mol. The Kier molecular flexibility index (Phi) is 10.3. The van der Waals surface area contributed by atoms with Crippen LogP contribution in [-0.4, -0.2) is 68.7 Å². The van der Waals surface area contributed by atoms with Gasteiger partial charge in [0, 0.05) is 37.4 Å². The summed E-state index contributed by atoms with van der Waals surface area (Å²) in [7, 11) is 1.37. The molecule has 12 heteroatoms. The normalized spacial score (nSPS) is 17.3. The first-order valence-electron chi connectivity index (χ1n) is 11.0. The van der Waals surface area contributed by atoms with Gasteiger partial charge in [0.05, 0.1) is 29.4 Å². The fraction of sp³-hybridized carbons (Fsp3) is 0.478. The number of alkyl carbamates (subject to hydrolysis) is 1. The minimum Gasteiger partial charge on any atom is -0.463 e. The molecule has 1 aliphatic heterocycles. The number of hydrogen-bond donors (Lipinski definition) is 1. The summed E-state index contributed by atoms with van der Waals surface area (Å²) in [5.74, 6) is -3.59. The Hall–Kier alpha value is -3.80. The van der Waals surface area contributed by atoms with Crippen LogP contribution in [0.25, 0.3) is 0 Å². The molecule has 2 rings (SSSR count). The summed E-state index contributed by atoms with van der Waals surface area (Å²) in [6, 6.07) is 5.59. The topological polar surface area (TPSA) is 156 Å². The largest absolute Gasteiger partial charge is 0.463 e. The number of ether oxygens (including phenoxy) is 4. The zero-order valence-electron chi connectivity index (χ0n) is 20.1. The van der Waals surface area contributed by atoms with Crippen molar-refractivity contribution in [1.82, 2.24) is 5.32 Å². The fourth-order valence-electron chi connectivity index (χ4n) is 3.63. The molecule has 1 heterocycles. The van der Waals surface area contributed by atoms with E-state index in [1.54, 1.807) is 26.8 Å². The predicted molar refractivity (Wildman–Crippen MR) is 124 cm³/mol. The van der Waals surface area contributed by atoms with Crippen LogP contribution >= 0.6 is 0 Å². The second kappa shape index (κ2) is 13.2. The lowest BCUT2D eigenvalue weighted by Gasteiger charge is -2.32. The Morgan fingerprint density at radius 2 is 1.86 bits per heavy atom. The molecule has 0 spiro atoms. The van der Waals surface area contributed by atoms with E-state index < -0.39 is 34.8 Å². The van der Waals surface area contributed by atoms with Gasteiger partial charge in [-0.05, 0) is 26.3 Å². The molecule has 0 bridgehead atoms. The summed E-state index contributed by atoms with van der Waals surface area (Å²) in [5.41, 5.74) is 0.387. The van der Waals surface area contributed by atoms with Crippen molar-refractivity contribution in [2.24, 2.45) is 10.9 Å². The molecule has 0 aromatic heterocycles. The van der Waals surface area contributed by atoms with E-state index >= 15 is 0 Å². The second-order valence-electron chi connectivity index (χ2n) is 7.33. The van der Waals surface area contributed by atoms with Crippen molar-refractivity contribution < 1.29 is 38.3 Å². The summed E-state index contributed by atoms with van der Waals surface area (Å²) in [4.78, 5) is 53.1.